The van der Waals surface area contributed by atoms with E-state index in [2.05, 4.69) is 31.7 Å². The van der Waals surface area contributed by atoms with Crippen molar-refractivity contribution in [1.82, 2.24) is 25.0 Å². The van der Waals surface area contributed by atoms with Crippen LogP contribution in [-0.4, -0.2) is 29.9 Å². The van der Waals surface area contributed by atoms with E-state index in [-0.39, 0.29) is 12.2 Å². The molecule has 0 aliphatic rings. The van der Waals surface area contributed by atoms with Crippen LogP contribution in [0.3, 0.4) is 0 Å². The van der Waals surface area contributed by atoms with Crippen molar-refractivity contribution in [2.45, 2.75) is 13.5 Å². The minimum atomic E-state index is -0.459. The molecule has 31 heavy (non-hydrogen) atoms. The second-order valence-electron chi connectivity index (χ2n) is 6.66. The summed E-state index contributed by atoms with van der Waals surface area (Å²) in [7, 11) is 0. The Labute approximate surface area is 177 Å². The van der Waals surface area contributed by atoms with Gasteiger partial charge in [0.2, 0.25) is 5.95 Å². The van der Waals surface area contributed by atoms with E-state index < -0.39 is 4.92 Å². The molecule has 0 radical (unpaired) electrons. The van der Waals surface area contributed by atoms with E-state index in [1.54, 1.807) is 42.7 Å². The number of benzene rings is 2. The highest BCUT2D eigenvalue weighted by Crippen LogP contribution is 2.23. The van der Waals surface area contributed by atoms with E-state index in [0.29, 0.717) is 22.9 Å². The summed E-state index contributed by atoms with van der Waals surface area (Å²) >= 11 is 0. The fraction of sp³-hybridized carbons (Fsp3) is 0.0952. The molecule has 152 valence electrons. The van der Waals surface area contributed by atoms with Gasteiger partial charge in [0.25, 0.3) is 5.69 Å². The Bertz CT molecular complexity index is 1310. The van der Waals surface area contributed by atoms with Gasteiger partial charge in [0.1, 0.15) is 11.4 Å². The van der Waals surface area contributed by atoms with Crippen molar-refractivity contribution in [3.8, 4) is 23.0 Å². The Hall–Kier alpha value is -4.65. The lowest BCUT2D eigenvalue weighted by Gasteiger charge is -2.08. The number of hydrogen-bond acceptors (Lipinski definition) is 8. The summed E-state index contributed by atoms with van der Waals surface area (Å²) in [5.41, 5.74) is 4.02. The third-order valence-electron chi connectivity index (χ3n) is 4.58. The summed E-state index contributed by atoms with van der Waals surface area (Å²) in [5.74, 6) is 0.404. The van der Waals surface area contributed by atoms with Crippen LogP contribution in [0, 0.1) is 28.4 Å². The molecule has 0 fully saturated rings. The van der Waals surface area contributed by atoms with Gasteiger partial charge in [0, 0.05) is 17.8 Å². The van der Waals surface area contributed by atoms with Crippen LogP contribution in [0.2, 0.25) is 0 Å². The van der Waals surface area contributed by atoms with Gasteiger partial charge in [-0.15, -0.1) is 5.10 Å². The number of para-hydroxylation sites is 2. The predicted molar refractivity (Wildman–Crippen MR) is 112 cm³/mol. The number of nitro benzene ring substituents is 1. The van der Waals surface area contributed by atoms with Gasteiger partial charge < -0.3 is 5.32 Å². The van der Waals surface area contributed by atoms with Gasteiger partial charge in [-0.2, -0.15) is 5.26 Å². The molecule has 2 aromatic carbocycles. The van der Waals surface area contributed by atoms with E-state index in [1.807, 2.05) is 19.1 Å². The van der Waals surface area contributed by atoms with E-state index >= 15 is 0 Å². The second-order valence-corrected chi connectivity index (χ2v) is 6.66. The highest BCUT2D eigenvalue weighted by Gasteiger charge is 2.15. The van der Waals surface area contributed by atoms with Crippen molar-refractivity contribution >= 4 is 11.6 Å². The van der Waals surface area contributed by atoms with Crippen LogP contribution in [0.4, 0.5) is 11.6 Å². The van der Waals surface area contributed by atoms with E-state index in [9.17, 15) is 10.1 Å². The van der Waals surface area contributed by atoms with Crippen LogP contribution in [-0.2, 0) is 6.54 Å². The molecule has 4 rings (SSSR count). The normalized spacial score (nSPS) is 10.5. The van der Waals surface area contributed by atoms with Gasteiger partial charge in [-0.05, 0) is 36.8 Å². The van der Waals surface area contributed by atoms with Crippen molar-refractivity contribution in [3.05, 3.63) is 87.9 Å². The Morgan fingerprint density at radius 1 is 1.23 bits per heavy atom. The number of rotatable bonds is 6. The Balaban J connectivity index is 1.51. The Morgan fingerprint density at radius 3 is 2.84 bits per heavy atom. The van der Waals surface area contributed by atoms with Gasteiger partial charge >= 0.3 is 0 Å². The van der Waals surface area contributed by atoms with Crippen molar-refractivity contribution in [2.24, 2.45) is 0 Å². The fourth-order valence-electron chi connectivity index (χ4n) is 3.09. The molecule has 0 saturated heterocycles. The average molecular weight is 412 g/mol. The standard InChI is InChI=1S/C21H16N8O2/c1-14-10-15(11-22)6-7-17(14)18-8-9-23-21(25-18)24-12-16-13-28(27-26-16)19-4-2-3-5-20(19)29(30)31/h2-10,13H,12H2,1H3,(H,23,24,25). The maximum Gasteiger partial charge on any atom is 0.294 e. The number of aryl methyl sites for hydroxylation is 1. The maximum atomic E-state index is 11.2. The molecule has 1 N–H and O–H groups in total. The zero-order valence-corrected chi connectivity index (χ0v) is 16.4. The molecule has 0 saturated carbocycles. The van der Waals surface area contributed by atoms with Crippen molar-refractivity contribution in [3.63, 3.8) is 0 Å². The first-order chi connectivity index (χ1) is 15.0. The molecule has 10 nitrogen and oxygen atoms in total. The summed E-state index contributed by atoms with van der Waals surface area (Å²) in [4.78, 5) is 19.5. The predicted octanol–water partition coefficient (Wildman–Crippen LogP) is 3.42. The van der Waals surface area contributed by atoms with Crippen LogP contribution >= 0.6 is 0 Å². The van der Waals surface area contributed by atoms with E-state index in [4.69, 9.17) is 5.26 Å². The molecule has 0 aliphatic carbocycles. The number of anilines is 1. The monoisotopic (exact) mass is 412 g/mol. The zero-order chi connectivity index (χ0) is 21.8. The summed E-state index contributed by atoms with van der Waals surface area (Å²) in [6.07, 6.45) is 3.26. The molecule has 2 aromatic heterocycles. The highest BCUT2D eigenvalue weighted by molar-refractivity contribution is 5.65. The molecule has 10 heteroatoms. The summed E-state index contributed by atoms with van der Waals surface area (Å²) < 4.78 is 1.37. The molecule has 0 bridgehead atoms. The summed E-state index contributed by atoms with van der Waals surface area (Å²) in [6.45, 7) is 2.21. The molecule has 0 unspecified atom stereocenters. The van der Waals surface area contributed by atoms with Crippen LogP contribution in [0.1, 0.15) is 16.8 Å². The molecule has 0 amide bonds. The molecule has 2 heterocycles. The fourth-order valence-corrected chi connectivity index (χ4v) is 3.09. The van der Waals surface area contributed by atoms with Gasteiger partial charge in [-0.25, -0.2) is 14.6 Å². The Morgan fingerprint density at radius 2 is 2.06 bits per heavy atom. The number of nitrogens with one attached hydrogen (secondary N) is 1. The number of nitriles is 1. The van der Waals surface area contributed by atoms with Gasteiger partial charge in [0.15, 0.2) is 0 Å². The maximum absolute atomic E-state index is 11.2. The topological polar surface area (TPSA) is 135 Å². The first-order valence-electron chi connectivity index (χ1n) is 9.28. The molecule has 0 atom stereocenters. The SMILES string of the molecule is Cc1cc(C#N)ccc1-c1ccnc(NCc2cn(-c3ccccc3[N+](=O)[O-])nn2)n1. The third kappa shape index (κ3) is 4.20. The first kappa shape index (κ1) is 19.7. The van der Waals surface area contributed by atoms with Gasteiger partial charge in [0.05, 0.1) is 35.0 Å². The van der Waals surface area contributed by atoms with Crippen LogP contribution in [0.15, 0.2) is 60.9 Å². The minimum absolute atomic E-state index is 0.0549. The Kier molecular flexibility index (Phi) is 5.31. The smallest absolute Gasteiger partial charge is 0.294 e. The van der Waals surface area contributed by atoms with E-state index in [0.717, 1.165) is 16.8 Å². The van der Waals surface area contributed by atoms with Crippen molar-refractivity contribution in [1.29, 1.82) is 5.26 Å². The van der Waals surface area contributed by atoms with Crippen LogP contribution < -0.4 is 5.32 Å². The van der Waals surface area contributed by atoms with Gasteiger partial charge in [-0.1, -0.05) is 23.4 Å². The lowest BCUT2D eigenvalue weighted by Crippen LogP contribution is -2.04. The van der Waals surface area contributed by atoms with Crippen molar-refractivity contribution < 1.29 is 4.92 Å². The highest BCUT2D eigenvalue weighted by atomic mass is 16.6. The summed E-state index contributed by atoms with van der Waals surface area (Å²) in [6, 6.07) is 15.7. The lowest BCUT2D eigenvalue weighted by molar-refractivity contribution is -0.384. The van der Waals surface area contributed by atoms with E-state index in [1.165, 1.54) is 10.7 Å². The van der Waals surface area contributed by atoms with Crippen LogP contribution in [0.25, 0.3) is 16.9 Å². The molecular formula is C21H16N8O2. The number of nitrogens with zero attached hydrogens (tertiary/aromatic N) is 7. The van der Waals surface area contributed by atoms with Crippen LogP contribution in [0.5, 0.6) is 0 Å². The van der Waals surface area contributed by atoms with Gasteiger partial charge in [-0.3, -0.25) is 10.1 Å². The minimum Gasteiger partial charge on any atom is -0.348 e. The second kappa shape index (κ2) is 8.38. The average Bonchev–Trinajstić information content (AvgIpc) is 3.26. The largest absolute Gasteiger partial charge is 0.348 e. The van der Waals surface area contributed by atoms with Crippen molar-refractivity contribution in [2.75, 3.05) is 5.32 Å². The summed E-state index contributed by atoms with van der Waals surface area (Å²) in [5, 5.41) is 31.4. The number of hydrogen-bond donors (Lipinski definition) is 1. The number of nitro groups is 1. The molecule has 0 aliphatic heterocycles. The molecule has 0 spiro atoms. The quantitative estimate of drug-likeness (QED) is 0.376. The first-order valence-corrected chi connectivity index (χ1v) is 9.28. The molecular weight excluding hydrogens is 396 g/mol. The molecule has 4 aromatic rings. The third-order valence-corrected chi connectivity index (χ3v) is 4.58. The zero-order valence-electron chi connectivity index (χ0n) is 16.4. The lowest BCUT2D eigenvalue weighted by atomic mass is 10.0. The number of aromatic nitrogens is 5.